The topological polar surface area (TPSA) is 73.2 Å². The van der Waals surface area contributed by atoms with Gasteiger partial charge in [-0.3, -0.25) is 14.2 Å². The number of nitrogens with one attached hydrogen (secondary N) is 1. The highest BCUT2D eigenvalue weighted by Crippen LogP contribution is 2.36. The van der Waals surface area contributed by atoms with Gasteiger partial charge in [0.1, 0.15) is 10.6 Å². The van der Waals surface area contributed by atoms with Gasteiger partial charge in [-0.2, -0.15) is 0 Å². The Bertz CT molecular complexity index is 1400. The molecule has 0 atom stereocenters. The number of aromatic nitrogens is 2. The first-order valence-corrected chi connectivity index (χ1v) is 13.1. The Kier molecular flexibility index (Phi) is 6.69. The maximum Gasteiger partial charge on any atom is 0.267 e. The van der Waals surface area contributed by atoms with Crippen molar-refractivity contribution >= 4 is 39.2 Å². The van der Waals surface area contributed by atoms with Crippen LogP contribution in [0.15, 0.2) is 64.5 Å². The highest BCUT2D eigenvalue weighted by atomic mass is 32.2. The lowest BCUT2D eigenvalue weighted by Gasteiger charge is -2.13. The average Bonchev–Trinajstić information content (AvgIpc) is 3.44. The largest absolute Gasteiger partial charge is 0.497 e. The van der Waals surface area contributed by atoms with Crippen molar-refractivity contribution in [3.8, 4) is 11.4 Å². The minimum Gasteiger partial charge on any atom is -0.497 e. The summed E-state index contributed by atoms with van der Waals surface area (Å²) in [6, 6.07) is 17.5. The molecule has 1 N–H and O–H groups in total. The Morgan fingerprint density at radius 3 is 2.85 bits per heavy atom. The van der Waals surface area contributed by atoms with Gasteiger partial charge >= 0.3 is 0 Å². The van der Waals surface area contributed by atoms with E-state index in [1.807, 2.05) is 54.6 Å². The van der Waals surface area contributed by atoms with Gasteiger partial charge in [-0.25, -0.2) is 4.98 Å². The zero-order chi connectivity index (χ0) is 23.5. The Balaban J connectivity index is 1.41. The molecular weight excluding hydrogens is 466 g/mol. The van der Waals surface area contributed by atoms with Crippen molar-refractivity contribution in [3.05, 3.63) is 81.0 Å². The molecule has 0 radical (unpaired) electrons. The van der Waals surface area contributed by atoms with Crippen LogP contribution in [0.2, 0.25) is 0 Å². The number of fused-ring (bicyclic) bond motifs is 3. The van der Waals surface area contributed by atoms with Crippen LogP contribution < -0.4 is 15.6 Å². The van der Waals surface area contributed by atoms with Crippen molar-refractivity contribution in [2.24, 2.45) is 0 Å². The Morgan fingerprint density at radius 2 is 2.03 bits per heavy atom. The van der Waals surface area contributed by atoms with E-state index in [9.17, 15) is 9.59 Å². The fourth-order valence-electron chi connectivity index (χ4n) is 4.27. The smallest absolute Gasteiger partial charge is 0.267 e. The molecule has 0 spiro atoms. The number of rotatable bonds is 8. The summed E-state index contributed by atoms with van der Waals surface area (Å²) in [4.78, 5) is 33.2. The van der Waals surface area contributed by atoms with E-state index in [0.29, 0.717) is 23.1 Å². The molecule has 1 aliphatic rings. The van der Waals surface area contributed by atoms with Crippen LogP contribution in [0.4, 0.5) is 0 Å². The van der Waals surface area contributed by atoms with Crippen LogP contribution >= 0.6 is 23.1 Å². The fourth-order valence-corrected chi connectivity index (χ4v) is 6.42. The van der Waals surface area contributed by atoms with Gasteiger partial charge in [-0.15, -0.1) is 11.3 Å². The van der Waals surface area contributed by atoms with Gasteiger partial charge in [0.15, 0.2) is 5.16 Å². The van der Waals surface area contributed by atoms with Gasteiger partial charge in [0.05, 0.1) is 23.9 Å². The molecule has 2 aromatic heterocycles. The molecule has 0 fully saturated rings. The average molecular weight is 492 g/mol. The van der Waals surface area contributed by atoms with Gasteiger partial charge in [0, 0.05) is 17.5 Å². The zero-order valence-electron chi connectivity index (χ0n) is 18.9. The molecule has 0 saturated heterocycles. The molecule has 0 saturated carbocycles. The van der Waals surface area contributed by atoms with Crippen LogP contribution in [-0.2, 0) is 24.1 Å². The second-order valence-electron chi connectivity index (χ2n) is 8.15. The van der Waals surface area contributed by atoms with E-state index < -0.39 is 0 Å². The lowest BCUT2D eigenvalue weighted by molar-refractivity contribution is -0.118. The molecular formula is C26H25N3O3S2. The van der Waals surface area contributed by atoms with Crippen molar-refractivity contribution in [1.82, 2.24) is 14.9 Å². The minimum atomic E-state index is -0.0823. The summed E-state index contributed by atoms with van der Waals surface area (Å²) >= 11 is 2.89. The van der Waals surface area contributed by atoms with Crippen molar-refractivity contribution in [1.29, 1.82) is 0 Å². The predicted octanol–water partition coefficient (Wildman–Crippen LogP) is 4.40. The molecule has 2 aromatic carbocycles. The Labute approximate surface area is 206 Å². The maximum absolute atomic E-state index is 13.7. The molecule has 0 unspecified atom stereocenters. The summed E-state index contributed by atoms with van der Waals surface area (Å²) in [5.74, 6) is 0.762. The lowest BCUT2D eigenvalue weighted by atomic mass is 10.1. The van der Waals surface area contributed by atoms with Gasteiger partial charge < -0.3 is 10.1 Å². The van der Waals surface area contributed by atoms with E-state index in [-0.39, 0.29) is 17.2 Å². The summed E-state index contributed by atoms with van der Waals surface area (Å²) in [6.45, 7) is 0.566. The Hall–Kier alpha value is -3.10. The molecule has 4 aromatic rings. The van der Waals surface area contributed by atoms with Gasteiger partial charge in [0.25, 0.3) is 5.56 Å². The zero-order valence-corrected chi connectivity index (χ0v) is 20.5. The van der Waals surface area contributed by atoms with E-state index >= 15 is 0 Å². The number of ether oxygens (including phenoxy) is 1. The highest BCUT2D eigenvalue weighted by molar-refractivity contribution is 7.99. The van der Waals surface area contributed by atoms with Crippen molar-refractivity contribution in [3.63, 3.8) is 0 Å². The quantitative estimate of drug-likeness (QED) is 0.292. The normalized spacial score (nSPS) is 12.6. The first-order valence-electron chi connectivity index (χ1n) is 11.3. The second kappa shape index (κ2) is 10.0. The van der Waals surface area contributed by atoms with E-state index in [1.54, 1.807) is 23.0 Å². The number of hydrogen-bond acceptors (Lipinski definition) is 6. The van der Waals surface area contributed by atoms with Crippen LogP contribution in [-0.4, -0.2) is 34.9 Å². The van der Waals surface area contributed by atoms with E-state index in [1.165, 1.54) is 22.2 Å². The number of methoxy groups -OCH3 is 1. The molecule has 0 bridgehead atoms. The highest BCUT2D eigenvalue weighted by Gasteiger charge is 2.24. The minimum absolute atomic E-state index is 0.0790. The van der Waals surface area contributed by atoms with Gasteiger partial charge in [0.2, 0.25) is 5.91 Å². The van der Waals surface area contributed by atoms with Crippen LogP contribution in [0, 0.1) is 0 Å². The predicted molar refractivity (Wildman–Crippen MR) is 138 cm³/mol. The van der Waals surface area contributed by atoms with Crippen molar-refractivity contribution < 1.29 is 9.53 Å². The van der Waals surface area contributed by atoms with E-state index in [0.717, 1.165) is 41.5 Å². The van der Waals surface area contributed by atoms with E-state index in [4.69, 9.17) is 9.72 Å². The maximum atomic E-state index is 13.7. The third kappa shape index (κ3) is 4.60. The van der Waals surface area contributed by atoms with Crippen LogP contribution in [0.5, 0.6) is 5.75 Å². The molecule has 8 heteroatoms. The summed E-state index contributed by atoms with van der Waals surface area (Å²) < 4.78 is 7.00. The molecule has 1 amide bonds. The molecule has 1 aliphatic carbocycles. The number of aryl methyl sites for hydroxylation is 2. The summed E-state index contributed by atoms with van der Waals surface area (Å²) in [7, 11) is 1.60. The number of nitrogens with zero attached hydrogens (tertiary/aromatic N) is 2. The third-order valence-electron chi connectivity index (χ3n) is 5.93. The SMILES string of the molecule is COc1cccc(-n2c(SCC(=O)NCCc3ccccc3)nc3sc4c(c3c2=O)CCC4)c1. The number of carbonyl (C=O) groups is 1. The van der Waals surface area contributed by atoms with Crippen molar-refractivity contribution in [2.45, 2.75) is 30.8 Å². The number of benzene rings is 2. The number of thioether (sulfide) groups is 1. The van der Waals surface area contributed by atoms with Crippen LogP contribution in [0.3, 0.4) is 0 Å². The molecule has 0 aliphatic heterocycles. The van der Waals surface area contributed by atoms with E-state index in [2.05, 4.69) is 5.32 Å². The summed E-state index contributed by atoms with van der Waals surface area (Å²) in [6.07, 6.45) is 3.77. The number of carbonyl (C=O) groups excluding carboxylic acids is 1. The monoisotopic (exact) mass is 491 g/mol. The summed E-state index contributed by atoms with van der Waals surface area (Å²) in [5, 5.41) is 4.21. The molecule has 5 rings (SSSR count). The van der Waals surface area contributed by atoms with Gasteiger partial charge in [-0.1, -0.05) is 48.2 Å². The molecule has 34 heavy (non-hydrogen) atoms. The standard InChI is InChI=1S/C26H25N3O3S2/c1-32-19-10-5-9-18(15-19)29-25(31)23-20-11-6-12-21(20)34-24(23)28-26(29)33-16-22(30)27-14-13-17-7-3-2-4-8-17/h2-5,7-10,15H,6,11-14,16H2,1H3,(H,27,30). The lowest BCUT2D eigenvalue weighted by Crippen LogP contribution is -2.28. The molecule has 174 valence electrons. The van der Waals surface area contributed by atoms with Crippen molar-refractivity contribution in [2.75, 3.05) is 19.4 Å². The molecule has 6 nitrogen and oxygen atoms in total. The Morgan fingerprint density at radius 1 is 1.18 bits per heavy atom. The van der Waals surface area contributed by atoms with Crippen LogP contribution in [0.1, 0.15) is 22.4 Å². The summed E-state index contributed by atoms with van der Waals surface area (Å²) in [5.41, 5.74) is 2.93. The molecule has 2 heterocycles. The second-order valence-corrected chi connectivity index (χ2v) is 10.2. The fraction of sp³-hybridized carbons (Fsp3) is 0.269. The number of thiophene rings is 1. The van der Waals surface area contributed by atoms with Gasteiger partial charge in [-0.05, 0) is 48.9 Å². The number of amides is 1. The first kappa shape index (κ1) is 22.7. The number of hydrogen-bond donors (Lipinski definition) is 1. The first-order chi connectivity index (χ1) is 16.6. The third-order valence-corrected chi connectivity index (χ3v) is 8.05. The van der Waals surface area contributed by atoms with Crippen LogP contribution in [0.25, 0.3) is 15.9 Å².